The molecule has 4 N–H and O–H groups in total. The van der Waals surface area contributed by atoms with Crippen LogP contribution in [-0.4, -0.2) is 82.9 Å². The number of phenols is 2. The first-order chi connectivity index (χ1) is 18.5. The zero-order chi connectivity index (χ0) is 28.5. The van der Waals surface area contributed by atoms with Gasteiger partial charge in [0, 0.05) is 60.6 Å². The van der Waals surface area contributed by atoms with Gasteiger partial charge in [0.25, 0.3) is 0 Å². The highest BCUT2D eigenvalue weighted by molar-refractivity contribution is 6.30. The minimum atomic E-state index is -2.06. The number of aliphatic hydroxyl groups is 1. The van der Waals surface area contributed by atoms with Gasteiger partial charge in [-0.3, -0.25) is 19.2 Å². The first-order valence-corrected chi connectivity index (χ1v) is 13.1. The van der Waals surface area contributed by atoms with Crippen molar-refractivity contribution in [3.63, 3.8) is 0 Å². The van der Waals surface area contributed by atoms with Gasteiger partial charge in [0.2, 0.25) is 5.78 Å². The molecule has 10 nitrogen and oxygen atoms in total. The first-order valence-electron chi connectivity index (χ1n) is 13.1. The van der Waals surface area contributed by atoms with Crippen molar-refractivity contribution in [2.75, 3.05) is 33.8 Å². The fourth-order valence-electron chi connectivity index (χ4n) is 5.26. The topological polar surface area (TPSA) is 153 Å². The van der Waals surface area contributed by atoms with Crippen LogP contribution in [0.5, 0.6) is 11.5 Å². The number of rotatable bonds is 10. The van der Waals surface area contributed by atoms with E-state index in [1.54, 1.807) is 12.1 Å². The summed E-state index contributed by atoms with van der Waals surface area (Å²) in [6.07, 6.45) is 0.899. The SMILES string of the molecule is CCCCC(=O)OCC(=O)[C@]1(O)Cc2c(O)c3c(c(O)c2[C@@H](NCCN(C)C)C1)C(=O)c1ccccc1C3=O. The highest BCUT2D eigenvalue weighted by Gasteiger charge is 2.48. The number of Topliss-reactive ketones (excluding diaryl/α,β-unsaturated/α-hetero) is 1. The van der Waals surface area contributed by atoms with Gasteiger partial charge in [0.15, 0.2) is 18.2 Å². The van der Waals surface area contributed by atoms with Crippen LogP contribution in [0.1, 0.15) is 81.6 Å². The average molecular weight is 539 g/mol. The largest absolute Gasteiger partial charge is 0.507 e. The minimum absolute atomic E-state index is 0.00598. The standard InChI is InChI=1S/C29H34N2O8/c1-4-5-10-21(33)39-15-20(32)29(38)13-18-22(19(14-29)30-11-12-31(2)3)28(37)24-23(27(18)36)25(34)16-8-6-7-9-17(16)26(24)35/h6-9,19,30,36-38H,4-5,10-15H2,1-3H3/t19-,29-/m0/s1. The lowest BCUT2D eigenvalue weighted by molar-refractivity contribution is -0.155. The predicted molar refractivity (Wildman–Crippen MR) is 141 cm³/mol. The lowest BCUT2D eigenvalue weighted by Gasteiger charge is -2.39. The van der Waals surface area contributed by atoms with Gasteiger partial charge in [-0.1, -0.05) is 37.6 Å². The van der Waals surface area contributed by atoms with Gasteiger partial charge in [0.1, 0.15) is 17.1 Å². The summed E-state index contributed by atoms with van der Waals surface area (Å²) in [5, 5.41) is 37.5. The Labute approximate surface area is 226 Å². The molecule has 0 bridgehead atoms. The van der Waals surface area contributed by atoms with E-state index in [0.29, 0.717) is 19.5 Å². The number of fused-ring (bicyclic) bond motifs is 3. The molecule has 0 spiro atoms. The first kappa shape index (κ1) is 28.4. The van der Waals surface area contributed by atoms with E-state index in [0.717, 1.165) is 6.42 Å². The van der Waals surface area contributed by atoms with Gasteiger partial charge in [-0.25, -0.2) is 0 Å². The zero-order valence-electron chi connectivity index (χ0n) is 22.4. The van der Waals surface area contributed by atoms with Gasteiger partial charge < -0.3 is 30.3 Å². The van der Waals surface area contributed by atoms with Crippen LogP contribution in [0.4, 0.5) is 0 Å². The molecule has 4 rings (SSSR count). The van der Waals surface area contributed by atoms with Gasteiger partial charge in [-0.15, -0.1) is 0 Å². The van der Waals surface area contributed by atoms with Crippen LogP contribution >= 0.6 is 0 Å². The molecule has 2 aliphatic rings. The summed E-state index contributed by atoms with van der Waals surface area (Å²) in [5.74, 6) is -3.58. The normalized spacial score (nSPS) is 19.9. The zero-order valence-corrected chi connectivity index (χ0v) is 22.4. The molecule has 0 fully saturated rings. The number of aromatic hydroxyl groups is 2. The number of carbonyl (C=O) groups is 4. The molecule has 2 aliphatic carbocycles. The monoisotopic (exact) mass is 538 g/mol. The number of esters is 1. The summed E-state index contributed by atoms with van der Waals surface area (Å²) < 4.78 is 5.09. The number of unbranched alkanes of at least 4 members (excludes halogenated alkanes) is 1. The summed E-state index contributed by atoms with van der Waals surface area (Å²) in [5.41, 5.74) is -2.36. The molecule has 0 saturated carbocycles. The molecule has 0 heterocycles. The van der Waals surface area contributed by atoms with Crippen LogP contribution in [0.3, 0.4) is 0 Å². The van der Waals surface area contributed by atoms with Crippen molar-refractivity contribution in [1.29, 1.82) is 0 Å². The minimum Gasteiger partial charge on any atom is -0.507 e. The van der Waals surface area contributed by atoms with Crippen molar-refractivity contribution in [1.82, 2.24) is 10.2 Å². The summed E-state index contributed by atoms with van der Waals surface area (Å²) in [6.45, 7) is 2.24. The number of hydrogen-bond acceptors (Lipinski definition) is 10. The fraction of sp³-hybridized carbons (Fsp3) is 0.448. The highest BCUT2D eigenvalue weighted by Crippen LogP contribution is 2.50. The number of phenolic OH excluding ortho intramolecular Hbond substituents is 2. The third kappa shape index (κ3) is 5.32. The number of carbonyl (C=O) groups excluding carboxylic acids is 4. The smallest absolute Gasteiger partial charge is 0.306 e. The number of hydrogen-bond donors (Lipinski definition) is 4. The van der Waals surface area contributed by atoms with E-state index in [1.807, 2.05) is 25.9 Å². The second-order valence-electron chi connectivity index (χ2n) is 10.5. The van der Waals surface area contributed by atoms with Crippen molar-refractivity contribution in [3.8, 4) is 11.5 Å². The van der Waals surface area contributed by atoms with Crippen molar-refractivity contribution in [2.45, 2.75) is 50.7 Å². The Morgan fingerprint density at radius 1 is 1.08 bits per heavy atom. The lowest BCUT2D eigenvalue weighted by atomic mass is 9.71. The fourth-order valence-corrected chi connectivity index (χ4v) is 5.26. The third-order valence-electron chi connectivity index (χ3n) is 7.39. The molecular weight excluding hydrogens is 504 g/mol. The van der Waals surface area contributed by atoms with Crippen molar-refractivity contribution in [2.24, 2.45) is 0 Å². The Balaban J connectivity index is 1.77. The molecule has 0 aliphatic heterocycles. The molecule has 0 saturated heterocycles. The maximum absolute atomic E-state index is 13.4. The maximum Gasteiger partial charge on any atom is 0.306 e. The summed E-state index contributed by atoms with van der Waals surface area (Å²) in [4.78, 5) is 53.8. The molecule has 2 atom stereocenters. The number of benzene rings is 2. The van der Waals surface area contributed by atoms with E-state index < -0.39 is 59.5 Å². The molecular formula is C29H34N2O8. The Kier molecular flexibility index (Phi) is 8.20. The molecule has 0 radical (unpaired) electrons. The Hall–Kier alpha value is -3.60. The van der Waals surface area contributed by atoms with Crippen molar-refractivity contribution < 1.29 is 39.2 Å². The van der Waals surface area contributed by atoms with Gasteiger partial charge in [0.05, 0.1) is 11.1 Å². The van der Waals surface area contributed by atoms with Crippen LogP contribution < -0.4 is 5.32 Å². The molecule has 208 valence electrons. The van der Waals surface area contributed by atoms with E-state index in [4.69, 9.17) is 4.74 Å². The van der Waals surface area contributed by atoms with Crippen LogP contribution in [0.15, 0.2) is 24.3 Å². The van der Waals surface area contributed by atoms with Crippen molar-refractivity contribution in [3.05, 3.63) is 57.6 Å². The van der Waals surface area contributed by atoms with E-state index in [1.165, 1.54) is 12.1 Å². The molecule has 0 unspecified atom stereocenters. The quantitative estimate of drug-likeness (QED) is 0.223. The Morgan fingerprint density at radius 2 is 1.69 bits per heavy atom. The Bertz CT molecular complexity index is 1340. The number of ether oxygens (including phenoxy) is 1. The number of nitrogens with one attached hydrogen (secondary N) is 1. The van der Waals surface area contributed by atoms with Gasteiger partial charge >= 0.3 is 5.97 Å². The van der Waals surface area contributed by atoms with Gasteiger partial charge in [-0.05, 0) is 20.5 Å². The molecule has 2 aromatic carbocycles. The van der Waals surface area contributed by atoms with Crippen LogP contribution in [-0.2, 0) is 20.7 Å². The average Bonchev–Trinajstić information content (AvgIpc) is 2.90. The predicted octanol–water partition coefficient (Wildman–Crippen LogP) is 2.05. The highest BCUT2D eigenvalue weighted by atomic mass is 16.5. The lowest BCUT2D eigenvalue weighted by Crippen LogP contribution is -2.50. The van der Waals surface area contributed by atoms with E-state index in [9.17, 15) is 34.5 Å². The third-order valence-corrected chi connectivity index (χ3v) is 7.39. The van der Waals surface area contributed by atoms with E-state index in [-0.39, 0.29) is 46.2 Å². The van der Waals surface area contributed by atoms with Crippen molar-refractivity contribution >= 4 is 23.3 Å². The molecule has 39 heavy (non-hydrogen) atoms. The molecule has 0 amide bonds. The summed E-state index contributed by atoms with van der Waals surface area (Å²) in [6, 6.07) is 5.30. The number of nitrogens with zero attached hydrogens (tertiary/aromatic N) is 1. The second kappa shape index (κ2) is 11.3. The number of ketones is 3. The van der Waals surface area contributed by atoms with E-state index in [2.05, 4.69) is 5.32 Å². The molecule has 0 aromatic heterocycles. The van der Waals surface area contributed by atoms with E-state index >= 15 is 0 Å². The number of likely N-dealkylation sites (N-methyl/N-ethyl adjacent to an activating group) is 1. The Morgan fingerprint density at radius 3 is 2.28 bits per heavy atom. The molecule has 2 aromatic rings. The maximum atomic E-state index is 13.4. The van der Waals surface area contributed by atoms with Crippen LogP contribution in [0, 0.1) is 0 Å². The van der Waals surface area contributed by atoms with Crippen LogP contribution in [0.2, 0.25) is 0 Å². The molecule has 10 heteroatoms. The van der Waals surface area contributed by atoms with Gasteiger partial charge in [-0.2, -0.15) is 0 Å². The van der Waals surface area contributed by atoms with Crippen LogP contribution in [0.25, 0.3) is 0 Å². The summed E-state index contributed by atoms with van der Waals surface area (Å²) >= 11 is 0. The summed E-state index contributed by atoms with van der Waals surface area (Å²) in [7, 11) is 3.73. The second-order valence-corrected chi connectivity index (χ2v) is 10.5.